The molecular formula is C20H24N4O3. The molecule has 2 heterocycles. The number of carbonyl (C=O) groups is 2. The maximum Gasteiger partial charge on any atom is 0.237 e. The topological polar surface area (TPSA) is 83.6 Å². The van der Waals surface area contributed by atoms with E-state index in [1.165, 1.54) is 0 Å². The summed E-state index contributed by atoms with van der Waals surface area (Å²) in [4.78, 5) is 30.9. The normalized spacial score (nSPS) is 17.2. The van der Waals surface area contributed by atoms with Gasteiger partial charge in [-0.3, -0.25) is 19.5 Å². The highest BCUT2D eigenvalue weighted by molar-refractivity contribution is 5.88. The Morgan fingerprint density at radius 3 is 3.00 bits per heavy atom. The molecule has 0 spiro atoms. The lowest BCUT2D eigenvalue weighted by Gasteiger charge is -2.34. The third-order valence-electron chi connectivity index (χ3n) is 4.53. The van der Waals surface area contributed by atoms with Crippen LogP contribution < -0.4 is 15.4 Å². The number of amides is 2. The van der Waals surface area contributed by atoms with E-state index in [2.05, 4.69) is 15.6 Å². The van der Waals surface area contributed by atoms with E-state index in [0.717, 1.165) is 17.0 Å². The molecule has 0 radical (unpaired) electrons. The monoisotopic (exact) mass is 368 g/mol. The lowest BCUT2D eigenvalue weighted by Crippen LogP contribution is -2.56. The predicted octanol–water partition coefficient (Wildman–Crippen LogP) is 1.10. The van der Waals surface area contributed by atoms with Gasteiger partial charge in [0.1, 0.15) is 5.75 Å². The first-order valence-electron chi connectivity index (χ1n) is 8.97. The minimum atomic E-state index is -0.492. The van der Waals surface area contributed by atoms with Crippen molar-refractivity contribution in [1.29, 1.82) is 0 Å². The molecule has 0 unspecified atom stereocenters. The molecule has 1 fully saturated rings. The minimum Gasteiger partial charge on any atom is -0.497 e. The van der Waals surface area contributed by atoms with Gasteiger partial charge in [-0.05, 0) is 29.8 Å². The van der Waals surface area contributed by atoms with Gasteiger partial charge in [0.2, 0.25) is 11.8 Å². The largest absolute Gasteiger partial charge is 0.497 e. The molecule has 2 amide bonds. The fourth-order valence-corrected chi connectivity index (χ4v) is 3.12. The van der Waals surface area contributed by atoms with Crippen LogP contribution in [-0.2, 0) is 22.7 Å². The molecule has 1 aliphatic heterocycles. The SMILES string of the molecule is COc1cccc(CN2CCNC(=O)[C@H]2CC(=O)NCc2ccccn2)c1. The Labute approximate surface area is 158 Å². The first-order chi connectivity index (χ1) is 13.2. The molecule has 0 saturated carbocycles. The van der Waals surface area contributed by atoms with Gasteiger partial charge < -0.3 is 15.4 Å². The van der Waals surface area contributed by atoms with Crippen LogP contribution in [0.2, 0.25) is 0 Å². The Morgan fingerprint density at radius 1 is 1.33 bits per heavy atom. The van der Waals surface area contributed by atoms with Gasteiger partial charge in [0, 0.05) is 25.8 Å². The number of nitrogens with zero attached hydrogens (tertiary/aromatic N) is 2. The molecule has 1 aromatic heterocycles. The number of hydrogen-bond donors (Lipinski definition) is 2. The Hall–Kier alpha value is -2.93. The van der Waals surface area contributed by atoms with Gasteiger partial charge in [0.05, 0.1) is 31.8 Å². The van der Waals surface area contributed by atoms with Gasteiger partial charge in [-0.1, -0.05) is 18.2 Å². The number of nitrogens with one attached hydrogen (secondary N) is 2. The van der Waals surface area contributed by atoms with Crippen LogP contribution in [0.4, 0.5) is 0 Å². The second-order valence-electron chi connectivity index (χ2n) is 6.43. The van der Waals surface area contributed by atoms with Gasteiger partial charge >= 0.3 is 0 Å². The average molecular weight is 368 g/mol. The smallest absolute Gasteiger partial charge is 0.237 e. The highest BCUT2D eigenvalue weighted by atomic mass is 16.5. The summed E-state index contributed by atoms with van der Waals surface area (Å²) in [5.74, 6) is 0.495. The van der Waals surface area contributed by atoms with E-state index < -0.39 is 6.04 Å². The first kappa shape index (κ1) is 18.8. The molecule has 7 heteroatoms. The Balaban J connectivity index is 1.61. The van der Waals surface area contributed by atoms with E-state index in [1.54, 1.807) is 13.3 Å². The zero-order chi connectivity index (χ0) is 19.1. The van der Waals surface area contributed by atoms with E-state index in [9.17, 15) is 9.59 Å². The molecule has 0 aliphatic carbocycles. The lowest BCUT2D eigenvalue weighted by atomic mass is 10.1. The summed E-state index contributed by atoms with van der Waals surface area (Å²) in [6, 6.07) is 12.8. The summed E-state index contributed by atoms with van der Waals surface area (Å²) in [7, 11) is 1.63. The first-order valence-corrected chi connectivity index (χ1v) is 8.97. The molecule has 1 aliphatic rings. The van der Waals surface area contributed by atoms with Crippen LogP contribution in [0.25, 0.3) is 0 Å². The number of ether oxygens (including phenoxy) is 1. The quantitative estimate of drug-likeness (QED) is 0.765. The Bertz CT molecular complexity index is 782. The fraction of sp³-hybridized carbons (Fsp3) is 0.350. The van der Waals surface area contributed by atoms with Crippen LogP contribution in [0, 0.1) is 0 Å². The fourth-order valence-electron chi connectivity index (χ4n) is 3.12. The molecule has 1 aromatic carbocycles. The highest BCUT2D eigenvalue weighted by Crippen LogP contribution is 2.18. The molecule has 3 rings (SSSR count). The van der Waals surface area contributed by atoms with Crippen molar-refractivity contribution in [2.24, 2.45) is 0 Å². The summed E-state index contributed by atoms with van der Waals surface area (Å²) in [5.41, 5.74) is 1.83. The second-order valence-corrected chi connectivity index (χ2v) is 6.43. The molecule has 2 N–H and O–H groups in total. The van der Waals surface area contributed by atoms with Crippen LogP contribution in [0.1, 0.15) is 17.7 Å². The number of hydrogen-bond acceptors (Lipinski definition) is 5. The number of methoxy groups -OCH3 is 1. The van der Waals surface area contributed by atoms with E-state index in [1.807, 2.05) is 47.4 Å². The van der Waals surface area contributed by atoms with Crippen molar-refractivity contribution in [3.8, 4) is 5.75 Å². The van der Waals surface area contributed by atoms with Gasteiger partial charge in [0.25, 0.3) is 0 Å². The number of benzene rings is 1. The summed E-state index contributed by atoms with van der Waals surface area (Å²) < 4.78 is 5.26. The second kappa shape index (κ2) is 9.14. The summed E-state index contributed by atoms with van der Waals surface area (Å²) in [6.07, 6.45) is 1.80. The lowest BCUT2D eigenvalue weighted by molar-refractivity contribution is -0.134. The van der Waals surface area contributed by atoms with Crippen molar-refractivity contribution in [3.05, 3.63) is 59.9 Å². The standard InChI is InChI=1S/C20H24N4O3/c1-27-17-7-4-5-15(11-17)14-24-10-9-22-20(26)18(24)12-19(25)23-13-16-6-2-3-8-21-16/h2-8,11,18H,9-10,12-14H2,1H3,(H,22,26)(H,23,25)/t18-/m1/s1. The molecule has 7 nitrogen and oxygen atoms in total. The van der Waals surface area contributed by atoms with Crippen molar-refractivity contribution in [3.63, 3.8) is 0 Å². The van der Waals surface area contributed by atoms with Crippen LogP contribution in [0.15, 0.2) is 48.7 Å². The minimum absolute atomic E-state index is 0.114. The third-order valence-corrected chi connectivity index (χ3v) is 4.53. The number of pyridine rings is 1. The molecule has 2 aromatic rings. The number of aromatic nitrogens is 1. The van der Waals surface area contributed by atoms with Crippen LogP contribution in [-0.4, -0.2) is 47.9 Å². The molecular weight excluding hydrogens is 344 g/mol. The zero-order valence-corrected chi connectivity index (χ0v) is 15.4. The molecule has 0 bridgehead atoms. The van der Waals surface area contributed by atoms with E-state index in [-0.39, 0.29) is 18.2 Å². The Morgan fingerprint density at radius 2 is 2.22 bits per heavy atom. The van der Waals surface area contributed by atoms with E-state index in [4.69, 9.17) is 4.74 Å². The Kier molecular flexibility index (Phi) is 6.38. The van der Waals surface area contributed by atoms with Crippen LogP contribution in [0.5, 0.6) is 5.75 Å². The third kappa shape index (κ3) is 5.27. The summed E-state index contributed by atoms with van der Waals surface area (Å²) in [6.45, 7) is 2.21. The highest BCUT2D eigenvalue weighted by Gasteiger charge is 2.31. The van der Waals surface area contributed by atoms with Crippen molar-refractivity contribution in [2.45, 2.75) is 25.6 Å². The number of carbonyl (C=O) groups excluding carboxylic acids is 2. The average Bonchev–Trinajstić information content (AvgIpc) is 2.70. The van der Waals surface area contributed by atoms with Gasteiger partial charge in [-0.2, -0.15) is 0 Å². The van der Waals surface area contributed by atoms with Crippen LogP contribution >= 0.6 is 0 Å². The molecule has 142 valence electrons. The van der Waals surface area contributed by atoms with Gasteiger partial charge in [-0.15, -0.1) is 0 Å². The summed E-state index contributed by atoms with van der Waals surface area (Å²) >= 11 is 0. The number of piperazine rings is 1. The number of rotatable bonds is 7. The molecule has 27 heavy (non-hydrogen) atoms. The van der Waals surface area contributed by atoms with Crippen molar-refractivity contribution < 1.29 is 14.3 Å². The maximum absolute atomic E-state index is 12.4. The molecule has 1 atom stereocenters. The molecule has 1 saturated heterocycles. The van der Waals surface area contributed by atoms with Crippen molar-refractivity contribution >= 4 is 11.8 Å². The van der Waals surface area contributed by atoms with E-state index >= 15 is 0 Å². The van der Waals surface area contributed by atoms with E-state index in [0.29, 0.717) is 26.2 Å². The van der Waals surface area contributed by atoms with Crippen molar-refractivity contribution in [2.75, 3.05) is 20.2 Å². The van der Waals surface area contributed by atoms with Crippen molar-refractivity contribution in [1.82, 2.24) is 20.5 Å². The predicted molar refractivity (Wildman–Crippen MR) is 101 cm³/mol. The summed E-state index contributed by atoms with van der Waals surface area (Å²) in [5, 5.41) is 5.69. The maximum atomic E-state index is 12.4. The zero-order valence-electron chi connectivity index (χ0n) is 15.4. The van der Waals surface area contributed by atoms with Gasteiger partial charge in [0.15, 0.2) is 0 Å². The van der Waals surface area contributed by atoms with Crippen LogP contribution in [0.3, 0.4) is 0 Å². The van der Waals surface area contributed by atoms with Gasteiger partial charge in [-0.25, -0.2) is 0 Å².